The second-order valence-corrected chi connectivity index (χ2v) is 5.61. The van der Waals surface area contributed by atoms with Crippen LogP contribution in [0.2, 0.25) is 0 Å². The van der Waals surface area contributed by atoms with Crippen LogP contribution in [0.5, 0.6) is 0 Å². The Labute approximate surface area is 113 Å². The maximum atomic E-state index is 12.0. The van der Waals surface area contributed by atoms with Crippen molar-refractivity contribution in [3.05, 3.63) is 35.9 Å². The quantitative estimate of drug-likeness (QED) is 0.846. The lowest BCUT2D eigenvalue weighted by molar-refractivity contribution is -0.130. The minimum Gasteiger partial charge on any atom is -0.324 e. The summed E-state index contributed by atoms with van der Waals surface area (Å²) in [5, 5.41) is 2.69. The summed E-state index contributed by atoms with van der Waals surface area (Å²) in [5.41, 5.74) is 0.460. The minimum atomic E-state index is -0.771. The third kappa shape index (κ3) is 2.78. The van der Waals surface area contributed by atoms with Gasteiger partial charge in [-0.15, -0.1) is 0 Å². The highest BCUT2D eigenvalue weighted by molar-refractivity contribution is 6.06. The van der Waals surface area contributed by atoms with E-state index in [2.05, 4.69) is 24.4 Å². The third-order valence-corrected chi connectivity index (χ3v) is 3.60. The predicted molar refractivity (Wildman–Crippen MR) is 73.8 cm³/mol. The van der Waals surface area contributed by atoms with Gasteiger partial charge < -0.3 is 5.32 Å². The highest BCUT2D eigenvalue weighted by atomic mass is 16.2. The number of carbonyl (C=O) groups excluding carboxylic acids is 2. The second-order valence-electron chi connectivity index (χ2n) is 5.61. The molecule has 4 nitrogen and oxygen atoms in total. The fourth-order valence-corrected chi connectivity index (χ4v) is 2.29. The van der Waals surface area contributed by atoms with E-state index in [0.717, 1.165) is 6.42 Å². The first-order valence-electron chi connectivity index (χ1n) is 6.61. The van der Waals surface area contributed by atoms with Gasteiger partial charge in [-0.2, -0.15) is 0 Å². The van der Waals surface area contributed by atoms with E-state index in [1.165, 1.54) is 10.5 Å². The molecule has 2 rings (SSSR count). The Morgan fingerprint density at radius 1 is 1.21 bits per heavy atom. The monoisotopic (exact) mass is 260 g/mol. The Hall–Kier alpha value is -1.84. The number of urea groups is 1. The summed E-state index contributed by atoms with van der Waals surface area (Å²) in [6.45, 7) is 6.03. The van der Waals surface area contributed by atoms with Crippen molar-refractivity contribution in [1.29, 1.82) is 0 Å². The molecule has 3 amide bonds. The predicted octanol–water partition coefficient (Wildman–Crippen LogP) is 2.51. The summed E-state index contributed by atoms with van der Waals surface area (Å²) in [5.74, 6) is 0.184. The normalized spacial score (nSPS) is 19.4. The summed E-state index contributed by atoms with van der Waals surface area (Å²) in [6.07, 6.45) is 0.777. The van der Waals surface area contributed by atoms with Gasteiger partial charge in [-0.05, 0) is 31.7 Å². The molecule has 0 bridgehead atoms. The van der Waals surface area contributed by atoms with Gasteiger partial charge >= 0.3 is 6.03 Å². The largest absolute Gasteiger partial charge is 0.325 e. The molecule has 1 saturated heterocycles. The van der Waals surface area contributed by atoms with Crippen LogP contribution >= 0.6 is 0 Å². The lowest BCUT2D eigenvalue weighted by Gasteiger charge is -2.18. The van der Waals surface area contributed by atoms with Crippen molar-refractivity contribution in [1.82, 2.24) is 10.2 Å². The molecule has 1 atom stereocenters. The standard InChI is InChI=1S/C15H20N2O2/c1-11(12-7-5-4-6-8-12)9-10-17-13(18)15(2,3)16-14(17)19/h4-8,11H,9-10H2,1-3H3,(H,16,19)/t11-/m0/s1. The van der Waals surface area contributed by atoms with Gasteiger partial charge in [-0.1, -0.05) is 37.3 Å². The molecular weight excluding hydrogens is 240 g/mol. The van der Waals surface area contributed by atoms with Crippen molar-refractivity contribution >= 4 is 11.9 Å². The molecule has 19 heavy (non-hydrogen) atoms. The van der Waals surface area contributed by atoms with Gasteiger partial charge in [0, 0.05) is 6.54 Å². The van der Waals surface area contributed by atoms with E-state index in [9.17, 15) is 9.59 Å². The van der Waals surface area contributed by atoms with Crippen molar-refractivity contribution < 1.29 is 9.59 Å². The summed E-state index contributed by atoms with van der Waals surface area (Å²) in [6, 6.07) is 9.85. The summed E-state index contributed by atoms with van der Waals surface area (Å²) >= 11 is 0. The zero-order chi connectivity index (χ0) is 14.0. The van der Waals surface area contributed by atoms with E-state index in [-0.39, 0.29) is 11.9 Å². The number of hydrogen-bond acceptors (Lipinski definition) is 2. The van der Waals surface area contributed by atoms with Crippen molar-refractivity contribution in [2.75, 3.05) is 6.54 Å². The van der Waals surface area contributed by atoms with Gasteiger partial charge in [-0.3, -0.25) is 9.69 Å². The maximum absolute atomic E-state index is 12.0. The summed E-state index contributed by atoms with van der Waals surface area (Å²) in [4.78, 5) is 25.1. The van der Waals surface area contributed by atoms with Gasteiger partial charge in [-0.25, -0.2) is 4.79 Å². The highest BCUT2D eigenvalue weighted by Gasteiger charge is 2.43. The smallest absolute Gasteiger partial charge is 0.324 e. The van der Waals surface area contributed by atoms with Crippen molar-refractivity contribution in [2.45, 2.75) is 38.6 Å². The Bertz CT molecular complexity index is 482. The average molecular weight is 260 g/mol. The summed E-state index contributed by atoms with van der Waals surface area (Å²) < 4.78 is 0. The number of nitrogens with one attached hydrogen (secondary N) is 1. The molecule has 1 aromatic rings. The molecule has 1 aliphatic heterocycles. The van der Waals surface area contributed by atoms with E-state index >= 15 is 0 Å². The van der Waals surface area contributed by atoms with Gasteiger partial charge in [0.25, 0.3) is 5.91 Å². The fraction of sp³-hybridized carbons (Fsp3) is 0.467. The number of carbonyl (C=O) groups is 2. The number of amides is 3. The molecular formula is C15H20N2O2. The number of nitrogens with zero attached hydrogens (tertiary/aromatic N) is 1. The van der Waals surface area contributed by atoms with Crippen molar-refractivity contribution in [3.8, 4) is 0 Å². The first-order chi connectivity index (χ1) is 8.92. The molecule has 102 valence electrons. The first-order valence-corrected chi connectivity index (χ1v) is 6.61. The van der Waals surface area contributed by atoms with Crippen LogP contribution in [-0.4, -0.2) is 28.9 Å². The van der Waals surface area contributed by atoms with Crippen LogP contribution in [-0.2, 0) is 4.79 Å². The van der Waals surface area contributed by atoms with Gasteiger partial charge in [0.05, 0.1) is 0 Å². The molecule has 0 aromatic heterocycles. The third-order valence-electron chi connectivity index (χ3n) is 3.60. The number of benzene rings is 1. The number of imide groups is 1. The Morgan fingerprint density at radius 3 is 2.37 bits per heavy atom. The zero-order valence-corrected chi connectivity index (χ0v) is 11.6. The van der Waals surface area contributed by atoms with Gasteiger partial charge in [0.1, 0.15) is 5.54 Å². The molecule has 0 unspecified atom stereocenters. The van der Waals surface area contributed by atoms with Crippen LogP contribution in [0.15, 0.2) is 30.3 Å². The second kappa shape index (κ2) is 5.03. The van der Waals surface area contributed by atoms with Crippen LogP contribution < -0.4 is 5.32 Å². The van der Waals surface area contributed by atoms with Gasteiger partial charge in [0.2, 0.25) is 0 Å². The Balaban J connectivity index is 1.96. The Morgan fingerprint density at radius 2 is 1.84 bits per heavy atom. The molecule has 4 heteroatoms. The summed E-state index contributed by atoms with van der Waals surface area (Å²) in [7, 11) is 0. The van der Waals surface area contributed by atoms with Crippen LogP contribution in [0.4, 0.5) is 4.79 Å². The van der Waals surface area contributed by atoms with E-state index in [0.29, 0.717) is 12.5 Å². The lowest BCUT2D eigenvalue weighted by atomic mass is 9.97. The van der Waals surface area contributed by atoms with Crippen molar-refractivity contribution in [2.24, 2.45) is 0 Å². The average Bonchev–Trinajstić information content (AvgIpc) is 2.57. The topological polar surface area (TPSA) is 49.4 Å². The molecule has 0 saturated carbocycles. The SMILES string of the molecule is C[C@@H](CCN1C(=O)NC(C)(C)C1=O)c1ccccc1. The number of rotatable bonds is 4. The van der Waals surface area contributed by atoms with E-state index < -0.39 is 5.54 Å². The lowest BCUT2D eigenvalue weighted by Crippen LogP contribution is -2.40. The van der Waals surface area contributed by atoms with Crippen LogP contribution in [0.1, 0.15) is 38.7 Å². The van der Waals surface area contributed by atoms with Crippen molar-refractivity contribution in [3.63, 3.8) is 0 Å². The minimum absolute atomic E-state index is 0.141. The van der Waals surface area contributed by atoms with E-state index in [1.807, 2.05) is 18.2 Å². The molecule has 1 fully saturated rings. The molecule has 1 aliphatic rings. The van der Waals surface area contributed by atoms with Crippen LogP contribution in [0, 0.1) is 0 Å². The van der Waals surface area contributed by atoms with E-state index in [1.54, 1.807) is 13.8 Å². The molecule has 0 radical (unpaired) electrons. The molecule has 1 aromatic carbocycles. The first kappa shape index (κ1) is 13.6. The van der Waals surface area contributed by atoms with Crippen LogP contribution in [0.3, 0.4) is 0 Å². The Kier molecular flexibility index (Phi) is 3.60. The maximum Gasteiger partial charge on any atom is 0.325 e. The molecule has 0 spiro atoms. The molecule has 1 N–H and O–H groups in total. The molecule has 1 heterocycles. The number of hydrogen-bond donors (Lipinski definition) is 1. The zero-order valence-electron chi connectivity index (χ0n) is 11.6. The van der Waals surface area contributed by atoms with Crippen LogP contribution in [0.25, 0.3) is 0 Å². The van der Waals surface area contributed by atoms with E-state index in [4.69, 9.17) is 0 Å². The highest BCUT2D eigenvalue weighted by Crippen LogP contribution is 2.22. The molecule has 0 aliphatic carbocycles. The fourth-order valence-electron chi connectivity index (χ4n) is 2.29. The van der Waals surface area contributed by atoms with Gasteiger partial charge in [0.15, 0.2) is 0 Å².